The SMILES string of the molecule is O=C(O)CC1CCCN(S(=O)(=O)c2ccc(OC(F)(F)F)cc2)C1. The molecule has 0 saturated carbocycles. The molecule has 1 N–H and O–H groups in total. The van der Waals surface area contributed by atoms with Crippen LogP contribution in [0.4, 0.5) is 13.2 Å². The molecule has 1 heterocycles. The Morgan fingerprint density at radius 2 is 1.92 bits per heavy atom. The van der Waals surface area contributed by atoms with Gasteiger partial charge in [0.05, 0.1) is 4.90 Å². The quantitative estimate of drug-likeness (QED) is 0.864. The van der Waals surface area contributed by atoms with Gasteiger partial charge < -0.3 is 9.84 Å². The number of hydrogen-bond acceptors (Lipinski definition) is 4. The lowest BCUT2D eigenvalue weighted by Crippen LogP contribution is -2.40. The maximum Gasteiger partial charge on any atom is 0.573 e. The van der Waals surface area contributed by atoms with Gasteiger partial charge in [0.15, 0.2) is 0 Å². The molecule has 24 heavy (non-hydrogen) atoms. The summed E-state index contributed by atoms with van der Waals surface area (Å²) in [4.78, 5) is 10.6. The first-order chi connectivity index (χ1) is 11.1. The second-order valence-corrected chi connectivity index (χ2v) is 7.43. The van der Waals surface area contributed by atoms with E-state index >= 15 is 0 Å². The number of carbonyl (C=O) groups is 1. The Balaban J connectivity index is 2.13. The largest absolute Gasteiger partial charge is 0.573 e. The van der Waals surface area contributed by atoms with Crippen molar-refractivity contribution in [3.8, 4) is 5.75 Å². The molecule has 0 radical (unpaired) electrons. The van der Waals surface area contributed by atoms with E-state index in [0.29, 0.717) is 12.8 Å². The molecular weight excluding hydrogens is 351 g/mol. The van der Waals surface area contributed by atoms with Crippen molar-refractivity contribution >= 4 is 16.0 Å². The predicted octanol–water partition coefficient (Wildman–Crippen LogP) is 2.46. The number of rotatable bonds is 5. The van der Waals surface area contributed by atoms with Gasteiger partial charge in [-0.05, 0) is 43.0 Å². The summed E-state index contributed by atoms with van der Waals surface area (Å²) in [6.07, 6.45) is -3.81. The molecule has 0 amide bonds. The van der Waals surface area contributed by atoms with E-state index in [9.17, 15) is 26.4 Å². The Kier molecular flexibility index (Phi) is 5.38. The lowest BCUT2D eigenvalue weighted by atomic mass is 9.96. The smallest absolute Gasteiger partial charge is 0.481 e. The highest BCUT2D eigenvalue weighted by Crippen LogP contribution is 2.28. The fourth-order valence-electron chi connectivity index (χ4n) is 2.62. The lowest BCUT2D eigenvalue weighted by Gasteiger charge is -2.31. The van der Waals surface area contributed by atoms with Gasteiger partial charge in [0, 0.05) is 19.5 Å². The van der Waals surface area contributed by atoms with Crippen LogP contribution in [0, 0.1) is 5.92 Å². The summed E-state index contributed by atoms with van der Waals surface area (Å²) >= 11 is 0. The lowest BCUT2D eigenvalue weighted by molar-refractivity contribution is -0.274. The van der Waals surface area contributed by atoms with Crippen molar-refractivity contribution in [1.82, 2.24) is 4.31 Å². The van der Waals surface area contributed by atoms with E-state index in [-0.39, 0.29) is 30.3 Å². The average molecular weight is 367 g/mol. The van der Waals surface area contributed by atoms with Gasteiger partial charge in [0.1, 0.15) is 5.75 Å². The molecular formula is C14H16F3NO5S. The van der Waals surface area contributed by atoms with Crippen molar-refractivity contribution in [2.45, 2.75) is 30.5 Å². The Morgan fingerprint density at radius 1 is 1.29 bits per heavy atom. The number of nitrogens with zero attached hydrogens (tertiary/aromatic N) is 1. The maximum absolute atomic E-state index is 12.5. The molecule has 134 valence electrons. The number of benzene rings is 1. The van der Waals surface area contributed by atoms with Crippen LogP contribution in [0.3, 0.4) is 0 Å². The van der Waals surface area contributed by atoms with Crippen LogP contribution in [0.1, 0.15) is 19.3 Å². The van der Waals surface area contributed by atoms with Crippen molar-refractivity contribution in [2.75, 3.05) is 13.1 Å². The van der Waals surface area contributed by atoms with Gasteiger partial charge in [0.2, 0.25) is 10.0 Å². The number of piperidine rings is 1. The van der Waals surface area contributed by atoms with Crippen LogP contribution < -0.4 is 4.74 Å². The van der Waals surface area contributed by atoms with Gasteiger partial charge in [-0.2, -0.15) is 4.31 Å². The first-order valence-corrected chi connectivity index (χ1v) is 8.60. The fourth-order valence-corrected chi connectivity index (χ4v) is 4.18. The second-order valence-electron chi connectivity index (χ2n) is 5.49. The predicted molar refractivity (Wildman–Crippen MR) is 76.9 cm³/mol. The van der Waals surface area contributed by atoms with Crippen LogP contribution in [-0.2, 0) is 14.8 Å². The fraction of sp³-hybridized carbons (Fsp3) is 0.500. The zero-order chi connectivity index (χ0) is 18.0. The van der Waals surface area contributed by atoms with E-state index in [0.717, 1.165) is 24.3 Å². The number of carboxylic acids is 1. The van der Waals surface area contributed by atoms with Crippen LogP contribution >= 0.6 is 0 Å². The van der Waals surface area contributed by atoms with Crippen molar-refractivity contribution in [3.63, 3.8) is 0 Å². The van der Waals surface area contributed by atoms with Crippen LogP contribution in [0.25, 0.3) is 0 Å². The monoisotopic (exact) mass is 367 g/mol. The first-order valence-electron chi connectivity index (χ1n) is 7.16. The minimum atomic E-state index is -4.85. The van der Waals surface area contributed by atoms with Gasteiger partial charge in [-0.25, -0.2) is 8.42 Å². The Labute approximate surface area is 136 Å². The summed E-state index contributed by atoms with van der Waals surface area (Å²) < 4.78 is 66.3. The summed E-state index contributed by atoms with van der Waals surface area (Å²) in [6.45, 7) is 0.328. The number of hydrogen-bond donors (Lipinski definition) is 1. The highest BCUT2D eigenvalue weighted by molar-refractivity contribution is 7.89. The molecule has 1 saturated heterocycles. The average Bonchev–Trinajstić information content (AvgIpc) is 2.45. The molecule has 1 unspecified atom stereocenters. The Morgan fingerprint density at radius 3 is 2.46 bits per heavy atom. The topological polar surface area (TPSA) is 83.9 Å². The third-order valence-corrected chi connectivity index (χ3v) is 5.52. The van der Waals surface area contributed by atoms with E-state index < -0.39 is 28.1 Å². The van der Waals surface area contributed by atoms with Crippen LogP contribution in [0.15, 0.2) is 29.2 Å². The molecule has 1 aromatic rings. The first kappa shape index (κ1) is 18.5. The number of sulfonamides is 1. The number of aliphatic carboxylic acids is 1. The van der Waals surface area contributed by atoms with E-state index in [1.165, 1.54) is 4.31 Å². The molecule has 0 bridgehead atoms. The minimum Gasteiger partial charge on any atom is -0.481 e. The Bertz CT molecular complexity index is 687. The summed E-state index contributed by atoms with van der Waals surface area (Å²) in [5, 5.41) is 8.82. The summed E-state index contributed by atoms with van der Waals surface area (Å²) in [6, 6.07) is 3.94. The maximum atomic E-state index is 12.5. The van der Waals surface area contributed by atoms with Crippen molar-refractivity contribution in [3.05, 3.63) is 24.3 Å². The molecule has 2 rings (SSSR count). The molecule has 10 heteroatoms. The highest BCUT2D eigenvalue weighted by Gasteiger charge is 2.33. The summed E-state index contributed by atoms with van der Waals surface area (Å²) in [5.41, 5.74) is 0. The summed E-state index contributed by atoms with van der Waals surface area (Å²) in [7, 11) is -3.89. The zero-order valence-corrected chi connectivity index (χ0v) is 13.3. The normalized spacial score (nSPS) is 19.9. The molecule has 0 aliphatic carbocycles. The molecule has 0 aromatic heterocycles. The number of carboxylic acid groups (broad SMARTS) is 1. The molecule has 1 aliphatic heterocycles. The van der Waals surface area contributed by atoms with Gasteiger partial charge in [-0.15, -0.1) is 13.2 Å². The molecule has 1 aromatic carbocycles. The van der Waals surface area contributed by atoms with Gasteiger partial charge in [-0.1, -0.05) is 0 Å². The molecule has 1 aliphatic rings. The van der Waals surface area contributed by atoms with E-state index in [4.69, 9.17) is 5.11 Å². The third kappa shape index (κ3) is 4.84. The number of halogens is 3. The van der Waals surface area contributed by atoms with E-state index in [2.05, 4.69) is 4.74 Å². The van der Waals surface area contributed by atoms with Crippen LogP contribution in [-0.4, -0.2) is 43.3 Å². The molecule has 6 nitrogen and oxygen atoms in total. The minimum absolute atomic E-state index is 0.0788. The molecule has 1 fully saturated rings. The Hall–Kier alpha value is -1.81. The molecule has 1 atom stereocenters. The highest BCUT2D eigenvalue weighted by atomic mass is 32.2. The van der Waals surface area contributed by atoms with Gasteiger partial charge >= 0.3 is 12.3 Å². The van der Waals surface area contributed by atoms with Crippen molar-refractivity contribution in [2.24, 2.45) is 5.92 Å². The standard InChI is InChI=1S/C14H16F3NO5S/c15-14(16,17)23-11-3-5-12(6-4-11)24(21,22)18-7-1-2-10(9-18)8-13(19)20/h3-6,10H,1-2,7-9H2,(H,19,20). The number of ether oxygens (including phenoxy) is 1. The van der Waals surface area contributed by atoms with Crippen LogP contribution in [0.5, 0.6) is 5.75 Å². The van der Waals surface area contributed by atoms with Crippen molar-refractivity contribution in [1.29, 1.82) is 0 Å². The van der Waals surface area contributed by atoms with Gasteiger partial charge in [0.25, 0.3) is 0 Å². The van der Waals surface area contributed by atoms with Gasteiger partial charge in [-0.3, -0.25) is 4.79 Å². The summed E-state index contributed by atoms with van der Waals surface area (Å²) in [5.74, 6) is -1.78. The zero-order valence-electron chi connectivity index (χ0n) is 12.5. The van der Waals surface area contributed by atoms with Crippen LogP contribution in [0.2, 0.25) is 0 Å². The van der Waals surface area contributed by atoms with Crippen molar-refractivity contribution < 1.29 is 36.2 Å². The van der Waals surface area contributed by atoms with E-state index in [1.54, 1.807) is 0 Å². The number of alkyl halides is 3. The van der Waals surface area contributed by atoms with E-state index in [1.807, 2.05) is 0 Å². The molecule has 0 spiro atoms. The third-order valence-electron chi connectivity index (χ3n) is 3.64. The second kappa shape index (κ2) is 6.98.